The van der Waals surface area contributed by atoms with Crippen molar-refractivity contribution in [2.24, 2.45) is 11.8 Å². The minimum Gasteiger partial charge on any atom is -0.465 e. The Morgan fingerprint density at radius 3 is 2.85 bits per heavy atom. The fourth-order valence-corrected chi connectivity index (χ4v) is 4.61. The molecule has 0 radical (unpaired) electrons. The zero-order valence-corrected chi connectivity index (χ0v) is 16.4. The van der Waals surface area contributed by atoms with Gasteiger partial charge in [0.1, 0.15) is 0 Å². The number of fused-ring (bicyclic) bond motifs is 1. The van der Waals surface area contributed by atoms with Gasteiger partial charge < -0.3 is 4.74 Å². The molecule has 0 spiro atoms. The van der Waals surface area contributed by atoms with Gasteiger partial charge >= 0.3 is 5.97 Å². The van der Waals surface area contributed by atoms with Crippen molar-refractivity contribution in [2.75, 3.05) is 12.4 Å². The summed E-state index contributed by atoms with van der Waals surface area (Å²) in [5.74, 6) is 0.841. The van der Waals surface area contributed by atoms with E-state index in [0.29, 0.717) is 34.5 Å². The fraction of sp³-hybridized carbons (Fsp3) is 0.550. The smallest absolute Gasteiger partial charge is 0.316 e. The minimum absolute atomic E-state index is 0.00657. The van der Waals surface area contributed by atoms with Crippen LogP contribution in [0.4, 0.5) is 0 Å². The normalized spacial score (nSPS) is 23.1. The van der Waals surface area contributed by atoms with Crippen molar-refractivity contribution in [2.45, 2.75) is 51.2 Å². The Kier molecular flexibility index (Phi) is 6.01. The third kappa shape index (κ3) is 3.80. The highest BCUT2D eigenvalue weighted by atomic mass is 32.2. The van der Waals surface area contributed by atoms with Gasteiger partial charge in [0.15, 0.2) is 5.16 Å². The number of nitrogens with zero attached hydrogens (tertiary/aromatic N) is 2. The van der Waals surface area contributed by atoms with Gasteiger partial charge in [-0.15, -0.1) is 0 Å². The number of hydrogen-bond donors (Lipinski definition) is 0. The third-order valence-corrected chi connectivity index (χ3v) is 6.32. The van der Waals surface area contributed by atoms with E-state index in [-0.39, 0.29) is 23.3 Å². The molecule has 3 rings (SSSR count). The summed E-state index contributed by atoms with van der Waals surface area (Å²) >= 11 is 1.30. The number of carbonyl (C=O) groups is 1. The van der Waals surface area contributed by atoms with E-state index in [2.05, 4.69) is 13.8 Å². The molecule has 0 aliphatic heterocycles. The Hall–Kier alpha value is -1.82. The van der Waals surface area contributed by atoms with Crippen molar-refractivity contribution in [3.8, 4) is 0 Å². The predicted octanol–water partition coefficient (Wildman–Crippen LogP) is 4.05. The number of rotatable bonds is 5. The first-order chi connectivity index (χ1) is 12.5. The Morgan fingerprint density at radius 2 is 2.08 bits per heavy atom. The monoisotopic (exact) mass is 374 g/mol. The summed E-state index contributed by atoms with van der Waals surface area (Å²) in [5, 5.41) is 1.26. The SMILES string of the molecule is CCOC(=O)CSc1nc2ccccc2c(=O)n1[C@@H]1CCC[C@H](C)[C@@H]1C. The molecule has 1 heterocycles. The van der Waals surface area contributed by atoms with Crippen LogP contribution in [-0.4, -0.2) is 27.9 Å². The van der Waals surface area contributed by atoms with Gasteiger partial charge in [0.25, 0.3) is 5.56 Å². The van der Waals surface area contributed by atoms with Gasteiger partial charge in [-0.05, 0) is 37.3 Å². The molecule has 6 heteroatoms. The molecule has 5 nitrogen and oxygen atoms in total. The Bertz CT molecular complexity index is 849. The van der Waals surface area contributed by atoms with Crippen LogP contribution in [0.1, 0.15) is 46.1 Å². The summed E-state index contributed by atoms with van der Waals surface area (Å²) in [4.78, 5) is 29.8. The standard InChI is InChI=1S/C20H26N2O3S/c1-4-25-18(23)12-26-20-21-16-10-6-5-9-15(16)19(24)22(20)17-11-7-8-13(2)14(17)3/h5-6,9-10,13-14,17H,4,7-8,11-12H2,1-3H3/t13-,14-,17+/m0/s1. The van der Waals surface area contributed by atoms with E-state index in [1.807, 2.05) is 28.8 Å². The maximum Gasteiger partial charge on any atom is 0.316 e. The van der Waals surface area contributed by atoms with Gasteiger partial charge in [0.05, 0.1) is 23.3 Å². The van der Waals surface area contributed by atoms with Crippen LogP contribution in [-0.2, 0) is 9.53 Å². The minimum atomic E-state index is -0.281. The second-order valence-electron chi connectivity index (χ2n) is 7.02. The van der Waals surface area contributed by atoms with E-state index >= 15 is 0 Å². The van der Waals surface area contributed by atoms with Crippen LogP contribution in [0.2, 0.25) is 0 Å². The molecule has 1 aliphatic rings. The number of hydrogen-bond acceptors (Lipinski definition) is 5. The maximum atomic E-state index is 13.3. The second-order valence-corrected chi connectivity index (χ2v) is 7.96. The van der Waals surface area contributed by atoms with E-state index in [0.717, 1.165) is 12.8 Å². The zero-order chi connectivity index (χ0) is 18.7. The number of ether oxygens (including phenoxy) is 1. The van der Waals surface area contributed by atoms with Crippen molar-refractivity contribution in [1.29, 1.82) is 0 Å². The molecule has 0 unspecified atom stereocenters. The first kappa shape index (κ1) is 19.0. The van der Waals surface area contributed by atoms with E-state index in [1.54, 1.807) is 6.92 Å². The van der Waals surface area contributed by atoms with Crippen LogP contribution < -0.4 is 5.56 Å². The molecule has 1 fully saturated rings. The van der Waals surface area contributed by atoms with Gasteiger partial charge in [-0.25, -0.2) is 4.98 Å². The molecule has 140 valence electrons. The van der Waals surface area contributed by atoms with Crippen LogP contribution in [0.3, 0.4) is 0 Å². The first-order valence-corrected chi connectivity index (χ1v) is 10.3. The van der Waals surface area contributed by atoms with Gasteiger partial charge in [0.2, 0.25) is 0 Å². The highest BCUT2D eigenvalue weighted by molar-refractivity contribution is 7.99. The van der Waals surface area contributed by atoms with Crippen molar-refractivity contribution in [3.05, 3.63) is 34.6 Å². The summed E-state index contributed by atoms with van der Waals surface area (Å²) < 4.78 is 6.87. The topological polar surface area (TPSA) is 61.2 Å². The molecule has 0 N–H and O–H groups in total. The predicted molar refractivity (Wildman–Crippen MR) is 105 cm³/mol. The van der Waals surface area contributed by atoms with Crippen LogP contribution >= 0.6 is 11.8 Å². The Morgan fingerprint density at radius 1 is 1.31 bits per heavy atom. The molecule has 0 bridgehead atoms. The number of esters is 1. The van der Waals surface area contributed by atoms with Crippen LogP contribution in [0.5, 0.6) is 0 Å². The maximum absolute atomic E-state index is 13.3. The molecule has 0 saturated heterocycles. The van der Waals surface area contributed by atoms with Crippen molar-refractivity contribution in [1.82, 2.24) is 9.55 Å². The number of carbonyl (C=O) groups excluding carboxylic acids is 1. The summed E-state index contributed by atoms with van der Waals surface area (Å²) in [5.41, 5.74) is 0.671. The lowest BCUT2D eigenvalue weighted by Crippen LogP contribution is -2.35. The van der Waals surface area contributed by atoms with Crippen molar-refractivity contribution in [3.63, 3.8) is 0 Å². The lowest BCUT2D eigenvalue weighted by Gasteiger charge is -2.36. The summed E-state index contributed by atoms with van der Waals surface area (Å²) in [6.07, 6.45) is 3.27. The highest BCUT2D eigenvalue weighted by Gasteiger charge is 2.31. The van der Waals surface area contributed by atoms with E-state index < -0.39 is 0 Å². The first-order valence-electron chi connectivity index (χ1n) is 9.32. The lowest BCUT2D eigenvalue weighted by molar-refractivity contribution is -0.139. The molecule has 3 atom stereocenters. The van der Waals surface area contributed by atoms with Crippen LogP contribution in [0.15, 0.2) is 34.2 Å². The molecular weight excluding hydrogens is 348 g/mol. The molecular formula is C20H26N2O3S. The molecule has 2 aromatic rings. The van der Waals surface area contributed by atoms with Crippen molar-refractivity contribution >= 4 is 28.6 Å². The number of aromatic nitrogens is 2. The molecule has 1 aromatic heterocycles. The second kappa shape index (κ2) is 8.25. The lowest BCUT2D eigenvalue weighted by atomic mass is 9.78. The van der Waals surface area contributed by atoms with E-state index in [4.69, 9.17) is 9.72 Å². The Labute approximate surface area is 158 Å². The van der Waals surface area contributed by atoms with Gasteiger partial charge in [0, 0.05) is 6.04 Å². The molecule has 1 aromatic carbocycles. The Balaban J connectivity index is 2.05. The van der Waals surface area contributed by atoms with Crippen molar-refractivity contribution < 1.29 is 9.53 Å². The quantitative estimate of drug-likeness (QED) is 0.449. The summed E-state index contributed by atoms with van der Waals surface area (Å²) in [6.45, 7) is 6.62. The molecule has 1 saturated carbocycles. The van der Waals surface area contributed by atoms with E-state index in [1.165, 1.54) is 18.2 Å². The zero-order valence-electron chi connectivity index (χ0n) is 15.6. The van der Waals surface area contributed by atoms with E-state index in [9.17, 15) is 9.59 Å². The number of benzene rings is 1. The average Bonchev–Trinajstić information content (AvgIpc) is 2.63. The highest BCUT2D eigenvalue weighted by Crippen LogP contribution is 2.38. The van der Waals surface area contributed by atoms with Gasteiger partial charge in [-0.1, -0.05) is 50.6 Å². The largest absolute Gasteiger partial charge is 0.465 e. The average molecular weight is 375 g/mol. The molecule has 0 amide bonds. The van der Waals surface area contributed by atoms with Gasteiger partial charge in [-0.3, -0.25) is 14.2 Å². The molecule has 26 heavy (non-hydrogen) atoms. The third-order valence-electron chi connectivity index (χ3n) is 5.40. The van der Waals surface area contributed by atoms with Gasteiger partial charge in [-0.2, -0.15) is 0 Å². The fourth-order valence-electron chi connectivity index (χ4n) is 3.76. The number of para-hydroxylation sites is 1. The number of thioether (sulfide) groups is 1. The van der Waals surface area contributed by atoms with Crippen LogP contribution in [0.25, 0.3) is 10.9 Å². The molecule has 1 aliphatic carbocycles. The summed E-state index contributed by atoms with van der Waals surface area (Å²) in [7, 11) is 0. The van der Waals surface area contributed by atoms with Crippen LogP contribution in [0, 0.1) is 11.8 Å². The summed E-state index contributed by atoms with van der Waals surface area (Å²) in [6, 6.07) is 7.55.